The van der Waals surface area contributed by atoms with Crippen molar-refractivity contribution in [3.05, 3.63) is 48.0 Å². The molecule has 1 saturated carbocycles. The molecular formula is C27H29BF3NO8S. The van der Waals surface area contributed by atoms with E-state index in [4.69, 9.17) is 14.0 Å². The van der Waals surface area contributed by atoms with Crippen molar-refractivity contribution in [2.75, 3.05) is 10.8 Å². The predicted octanol–water partition coefficient (Wildman–Crippen LogP) is 3.78. The number of Topliss-reactive ketones (excluding diaryl/α,β-unsaturated/α-hetero) is 1. The fourth-order valence-corrected chi connectivity index (χ4v) is 6.82. The summed E-state index contributed by atoms with van der Waals surface area (Å²) >= 11 is 0. The average Bonchev–Trinajstić information content (AvgIpc) is 3.08. The molecule has 1 saturated heterocycles. The second-order valence-corrected chi connectivity index (χ2v) is 13.7. The number of hydrogen-bond acceptors (Lipinski definition) is 7. The first kappa shape index (κ1) is 29.4. The molecule has 41 heavy (non-hydrogen) atoms. The van der Waals surface area contributed by atoms with Crippen LogP contribution in [0, 0.1) is 5.41 Å². The van der Waals surface area contributed by atoms with Gasteiger partial charge in [0.1, 0.15) is 17.6 Å². The number of ether oxygens (including phenoxy) is 1. The van der Waals surface area contributed by atoms with E-state index in [0.29, 0.717) is 11.5 Å². The fraction of sp³-hybridized carbons (Fsp3) is 0.481. The Morgan fingerprint density at radius 3 is 2.27 bits per heavy atom. The number of anilines is 1. The average molecular weight is 595 g/mol. The van der Waals surface area contributed by atoms with Gasteiger partial charge in [-0.05, 0) is 63.5 Å². The molecule has 2 aromatic carbocycles. The number of halogens is 3. The number of carbonyl (C=O) groups is 2. The number of fused-ring (bicyclic) bond motifs is 1. The highest BCUT2D eigenvalue weighted by atomic mass is 32.2. The van der Waals surface area contributed by atoms with Crippen LogP contribution in [0.3, 0.4) is 0 Å². The van der Waals surface area contributed by atoms with Crippen LogP contribution < -0.4 is 14.5 Å². The minimum absolute atomic E-state index is 0.0416. The Morgan fingerprint density at radius 1 is 1.07 bits per heavy atom. The number of alkyl halides is 3. The first-order chi connectivity index (χ1) is 18.8. The smallest absolute Gasteiger partial charge is 0.486 e. The summed E-state index contributed by atoms with van der Waals surface area (Å²) in [6.45, 7) is 7.03. The van der Waals surface area contributed by atoms with Crippen LogP contribution >= 0.6 is 0 Å². The van der Waals surface area contributed by atoms with Crippen molar-refractivity contribution in [2.24, 2.45) is 5.41 Å². The number of ketones is 1. The van der Waals surface area contributed by atoms with Crippen molar-refractivity contribution >= 4 is 40.0 Å². The highest BCUT2D eigenvalue weighted by Gasteiger charge is 2.54. The number of rotatable bonds is 6. The van der Waals surface area contributed by atoms with Gasteiger partial charge >= 0.3 is 19.3 Å². The van der Waals surface area contributed by atoms with Gasteiger partial charge in [-0.3, -0.25) is 13.9 Å². The van der Waals surface area contributed by atoms with E-state index in [9.17, 15) is 36.3 Å². The second-order valence-electron chi connectivity index (χ2n) is 11.8. The normalized spacial score (nSPS) is 23.0. The number of hydrogen-bond donors (Lipinski definition) is 1. The van der Waals surface area contributed by atoms with E-state index in [1.54, 1.807) is 6.07 Å². The lowest BCUT2D eigenvalue weighted by atomic mass is 9.64. The summed E-state index contributed by atoms with van der Waals surface area (Å²) in [5.41, 5.74) is -3.42. The molecule has 9 nitrogen and oxygen atoms in total. The molecule has 0 amide bonds. The van der Waals surface area contributed by atoms with Gasteiger partial charge in [0, 0.05) is 19.3 Å². The minimum Gasteiger partial charge on any atom is -0.486 e. The summed E-state index contributed by atoms with van der Waals surface area (Å²) in [6, 6.07) is 8.01. The third-order valence-corrected chi connectivity index (χ3v) is 10.1. The first-order valence-electron chi connectivity index (χ1n) is 13.0. The van der Waals surface area contributed by atoms with Crippen LogP contribution in [0.4, 0.5) is 18.9 Å². The molecule has 0 aromatic heterocycles. The zero-order valence-corrected chi connectivity index (χ0v) is 23.6. The van der Waals surface area contributed by atoms with E-state index in [0.717, 1.165) is 22.5 Å². The van der Waals surface area contributed by atoms with Crippen molar-refractivity contribution in [3.8, 4) is 5.75 Å². The summed E-state index contributed by atoms with van der Waals surface area (Å²) in [4.78, 5) is 23.1. The van der Waals surface area contributed by atoms with Crippen LogP contribution in [0.2, 0.25) is 0 Å². The maximum Gasteiger partial charge on any atom is 0.494 e. The first-order valence-corrected chi connectivity index (χ1v) is 14.4. The lowest BCUT2D eigenvalue weighted by molar-refractivity contribution is -0.163. The molecule has 5 rings (SSSR count). The van der Waals surface area contributed by atoms with Crippen LogP contribution in [-0.4, -0.2) is 56.2 Å². The Morgan fingerprint density at radius 2 is 1.71 bits per heavy atom. The quantitative estimate of drug-likeness (QED) is 0.502. The molecule has 1 aliphatic carbocycles. The number of nitrogens with zero attached hydrogens (tertiary/aromatic N) is 1. The highest BCUT2D eigenvalue weighted by Crippen LogP contribution is 2.46. The van der Waals surface area contributed by atoms with Crippen molar-refractivity contribution in [1.29, 1.82) is 0 Å². The van der Waals surface area contributed by atoms with E-state index in [1.165, 1.54) is 12.1 Å². The Hall–Kier alpha value is -3.10. The molecule has 0 radical (unpaired) electrons. The zero-order chi connectivity index (χ0) is 30.2. The van der Waals surface area contributed by atoms with Crippen molar-refractivity contribution in [3.63, 3.8) is 0 Å². The number of carboxylic acid groups (broad SMARTS) is 1. The monoisotopic (exact) mass is 595 g/mol. The van der Waals surface area contributed by atoms with Crippen LogP contribution in [0.1, 0.15) is 52.5 Å². The number of benzene rings is 2. The van der Waals surface area contributed by atoms with Gasteiger partial charge in [-0.2, -0.15) is 13.2 Å². The van der Waals surface area contributed by atoms with Crippen LogP contribution in [0.15, 0.2) is 47.4 Å². The number of carbonyl (C=O) groups excluding carboxylic acids is 1. The number of aliphatic carboxylic acids is 1. The molecule has 1 N–H and O–H groups in total. The molecule has 3 aliphatic rings. The molecule has 0 spiro atoms. The zero-order valence-electron chi connectivity index (χ0n) is 22.8. The third kappa shape index (κ3) is 5.10. The molecule has 0 unspecified atom stereocenters. The molecule has 2 heterocycles. The fourth-order valence-electron chi connectivity index (χ4n) is 5.27. The summed E-state index contributed by atoms with van der Waals surface area (Å²) in [5.74, 6) is -1.35. The maximum absolute atomic E-state index is 13.9. The molecular weight excluding hydrogens is 566 g/mol. The Bertz CT molecular complexity index is 1500. The number of sulfonamides is 1. The topological polar surface area (TPSA) is 119 Å². The highest BCUT2D eigenvalue weighted by molar-refractivity contribution is 7.92. The van der Waals surface area contributed by atoms with E-state index in [1.807, 2.05) is 27.7 Å². The van der Waals surface area contributed by atoms with E-state index in [-0.39, 0.29) is 43.0 Å². The predicted molar refractivity (Wildman–Crippen MR) is 141 cm³/mol. The Kier molecular flexibility index (Phi) is 6.79. The van der Waals surface area contributed by atoms with Gasteiger partial charge < -0.3 is 19.2 Å². The van der Waals surface area contributed by atoms with E-state index in [2.05, 4.69) is 0 Å². The third-order valence-electron chi connectivity index (χ3n) is 8.33. The molecule has 2 aliphatic heterocycles. The van der Waals surface area contributed by atoms with Gasteiger partial charge in [0.05, 0.1) is 39.3 Å². The van der Waals surface area contributed by atoms with Gasteiger partial charge in [-0.25, -0.2) is 8.42 Å². The van der Waals surface area contributed by atoms with Gasteiger partial charge in [0.25, 0.3) is 10.0 Å². The van der Waals surface area contributed by atoms with Gasteiger partial charge in [0.15, 0.2) is 0 Å². The lowest BCUT2D eigenvalue weighted by Crippen LogP contribution is -2.51. The molecule has 2 aromatic rings. The Balaban J connectivity index is 1.57. The van der Waals surface area contributed by atoms with E-state index < -0.39 is 62.5 Å². The maximum atomic E-state index is 13.9. The van der Waals surface area contributed by atoms with Crippen LogP contribution in [0.25, 0.3) is 0 Å². The standard InChI is InChI=1S/C27H29BF3NO8S/c1-24(2)25(3,4)40-28(39-24)17-8-9-22-21(11-17)32(15-19(38-22)14-26(23(34)35)12-18(33)13-26)41(36,37)20-7-5-6-16(10-20)27(29,30)31/h5-11,19H,12-15H2,1-4H3,(H,34,35)/t19-/m0/s1. The second kappa shape index (κ2) is 9.46. The Labute approximate surface area is 235 Å². The summed E-state index contributed by atoms with van der Waals surface area (Å²) in [5, 5.41) is 9.81. The molecule has 2 fully saturated rings. The van der Waals surface area contributed by atoms with Crippen molar-refractivity contribution in [1.82, 2.24) is 0 Å². The molecule has 1 atom stereocenters. The van der Waals surface area contributed by atoms with Crippen LogP contribution in [-0.2, 0) is 35.1 Å². The lowest BCUT2D eigenvalue weighted by Gasteiger charge is -2.42. The van der Waals surface area contributed by atoms with Crippen molar-refractivity contribution in [2.45, 2.75) is 75.3 Å². The SMILES string of the molecule is CC1(C)OB(c2ccc3c(c2)N(S(=O)(=O)c2cccc(C(F)(F)F)c2)C[C@H](CC2(C(=O)O)CC(=O)C2)O3)OC1(C)C. The minimum atomic E-state index is -4.77. The summed E-state index contributed by atoms with van der Waals surface area (Å²) in [7, 11) is -5.46. The summed E-state index contributed by atoms with van der Waals surface area (Å²) in [6.07, 6.45) is -6.35. The largest absolute Gasteiger partial charge is 0.494 e. The van der Waals surface area contributed by atoms with Gasteiger partial charge in [-0.15, -0.1) is 0 Å². The van der Waals surface area contributed by atoms with Gasteiger partial charge in [-0.1, -0.05) is 12.1 Å². The van der Waals surface area contributed by atoms with Gasteiger partial charge in [0.2, 0.25) is 0 Å². The molecule has 14 heteroatoms. The van der Waals surface area contributed by atoms with E-state index >= 15 is 0 Å². The molecule has 0 bridgehead atoms. The number of carboxylic acids is 1. The van der Waals surface area contributed by atoms with Crippen LogP contribution in [0.5, 0.6) is 5.75 Å². The summed E-state index contributed by atoms with van der Waals surface area (Å²) < 4.78 is 87.3. The van der Waals surface area contributed by atoms with Crippen molar-refractivity contribution < 1.29 is 50.3 Å². The molecule has 220 valence electrons.